The van der Waals surface area contributed by atoms with Crippen molar-refractivity contribution >= 4 is 39.2 Å². The van der Waals surface area contributed by atoms with E-state index >= 15 is 0 Å². The lowest BCUT2D eigenvalue weighted by Gasteiger charge is -2.16. The zero-order chi connectivity index (χ0) is 12.8. The van der Waals surface area contributed by atoms with Gasteiger partial charge in [0.15, 0.2) is 0 Å². The van der Waals surface area contributed by atoms with Gasteiger partial charge in [-0.25, -0.2) is 4.79 Å². The molecule has 5 heteroatoms. The molecule has 0 aromatic heterocycles. The topological polar surface area (TPSA) is 38.3 Å². The van der Waals surface area contributed by atoms with Gasteiger partial charge >= 0.3 is 5.97 Å². The molecule has 1 unspecified atom stereocenters. The first-order valence-corrected chi connectivity index (χ1v) is 6.63. The summed E-state index contributed by atoms with van der Waals surface area (Å²) < 4.78 is 5.81. The number of esters is 1. The van der Waals surface area contributed by atoms with Crippen LogP contribution in [0.3, 0.4) is 0 Å². The summed E-state index contributed by atoms with van der Waals surface area (Å²) in [4.78, 5) is 11.6. The first-order valence-electron chi connectivity index (χ1n) is 5.46. The zero-order valence-electron chi connectivity index (χ0n) is 9.80. The van der Waals surface area contributed by atoms with Crippen LogP contribution in [0, 0.1) is 0 Å². The Balaban J connectivity index is 2.73. The van der Waals surface area contributed by atoms with Gasteiger partial charge in [-0.15, -0.1) is 0 Å². The molecule has 1 aromatic rings. The molecule has 0 bridgehead atoms. The molecule has 1 atom stereocenters. The third-order valence-electron chi connectivity index (χ3n) is 2.24. The Morgan fingerprint density at radius 1 is 1.53 bits per heavy atom. The lowest BCUT2D eigenvalue weighted by molar-refractivity contribution is -0.144. The predicted octanol–water partition coefficient (Wildman–Crippen LogP) is 3.86. The monoisotopic (exact) mass is 319 g/mol. The molecule has 0 radical (unpaired) electrons. The summed E-state index contributed by atoms with van der Waals surface area (Å²) in [6, 6.07) is 5.13. The first kappa shape index (κ1) is 14.3. The van der Waals surface area contributed by atoms with E-state index in [1.54, 1.807) is 13.0 Å². The van der Waals surface area contributed by atoms with E-state index in [4.69, 9.17) is 16.3 Å². The number of carbonyl (C=O) groups excluding carboxylic acids is 1. The van der Waals surface area contributed by atoms with Crippen molar-refractivity contribution in [3.63, 3.8) is 0 Å². The average molecular weight is 321 g/mol. The van der Waals surface area contributed by atoms with E-state index in [9.17, 15) is 4.79 Å². The van der Waals surface area contributed by atoms with Crippen molar-refractivity contribution in [2.24, 2.45) is 0 Å². The van der Waals surface area contributed by atoms with Gasteiger partial charge in [-0.3, -0.25) is 0 Å². The van der Waals surface area contributed by atoms with Crippen molar-refractivity contribution in [2.75, 3.05) is 11.9 Å². The predicted molar refractivity (Wildman–Crippen MR) is 73.5 cm³/mol. The molecule has 0 saturated carbocycles. The second kappa shape index (κ2) is 6.87. The molecule has 0 aliphatic rings. The van der Waals surface area contributed by atoms with Gasteiger partial charge < -0.3 is 10.1 Å². The van der Waals surface area contributed by atoms with Crippen LogP contribution in [0.2, 0.25) is 5.02 Å². The maximum atomic E-state index is 11.6. The highest BCUT2D eigenvalue weighted by Crippen LogP contribution is 2.26. The van der Waals surface area contributed by atoms with E-state index in [-0.39, 0.29) is 12.0 Å². The molecule has 0 aliphatic heterocycles. The molecule has 0 aliphatic carbocycles. The van der Waals surface area contributed by atoms with Crippen LogP contribution < -0.4 is 5.32 Å². The standard InChI is InChI=1S/C12H15BrClNO2/c1-3-11(12(16)17-4-2)15-8-5-6-9(13)10(14)7-8/h5-7,11,15H,3-4H2,1-2H3. The summed E-state index contributed by atoms with van der Waals surface area (Å²) in [5, 5.41) is 3.71. The molecule has 1 N–H and O–H groups in total. The van der Waals surface area contributed by atoms with Crippen molar-refractivity contribution in [3.8, 4) is 0 Å². The van der Waals surface area contributed by atoms with E-state index in [1.807, 2.05) is 19.1 Å². The van der Waals surface area contributed by atoms with Gasteiger partial charge in [0.25, 0.3) is 0 Å². The highest BCUT2D eigenvalue weighted by Gasteiger charge is 2.17. The number of hydrogen-bond donors (Lipinski definition) is 1. The van der Waals surface area contributed by atoms with E-state index in [1.165, 1.54) is 0 Å². The number of benzene rings is 1. The van der Waals surface area contributed by atoms with E-state index in [0.717, 1.165) is 10.2 Å². The molecular formula is C12H15BrClNO2. The number of rotatable bonds is 5. The Bertz CT molecular complexity index is 398. The molecule has 3 nitrogen and oxygen atoms in total. The largest absolute Gasteiger partial charge is 0.464 e. The van der Waals surface area contributed by atoms with Crippen LogP contribution in [0.15, 0.2) is 22.7 Å². The summed E-state index contributed by atoms with van der Waals surface area (Å²) in [5.41, 5.74) is 0.804. The fourth-order valence-corrected chi connectivity index (χ4v) is 1.78. The third-order valence-corrected chi connectivity index (χ3v) is 3.47. The molecule has 0 saturated heterocycles. The second-order valence-electron chi connectivity index (χ2n) is 3.49. The fraction of sp³-hybridized carbons (Fsp3) is 0.417. The van der Waals surface area contributed by atoms with Crippen LogP contribution in [0.5, 0.6) is 0 Å². The second-order valence-corrected chi connectivity index (χ2v) is 4.75. The zero-order valence-corrected chi connectivity index (χ0v) is 12.1. The van der Waals surface area contributed by atoms with Gasteiger partial charge in [-0.05, 0) is 47.5 Å². The van der Waals surface area contributed by atoms with Gasteiger partial charge in [0, 0.05) is 10.2 Å². The minimum Gasteiger partial charge on any atom is -0.464 e. The van der Waals surface area contributed by atoms with Crippen molar-refractivity contribution < 1.29 is 9.53 Å². The maximum absolute atomic E-state index is 11.6. The van der Waals surface area contributed by atoms with Gasteiger partial charge in [0.05, 0.1) is 11.6 Å². The Kier molecular flexibility index (Phi) is 5.78. The Morgan fingerprint density at radius 2 is 2.24 bits per heavy atom. The molecule has 94 valence electrons. The van der Waals surface area contributed by atoms with Crippen LogP contribution in [0.25, 0.3) is 0 Å². The summed E-state index contributed by atoms with van der Waals surface area (Å²) in [5.74, 6) is -0.242. The Hall–Kier alpha value is -0.740. The van der Waals surface area contributed by atoms with Gasteiger partial charge in [0.1, 0.15) is 6.04 Å². The van der Waals surface area contributed by atoms with E-state index in [0.29, 0.717) is 18.1 Å². The Morgan fingerprint density at radius 3 is 2.76 bits per heavy atom. The van der Waals surface area contributed by atoms with Crippen LogP contribution in [0.1, 0.15) is 20.3 Å². The summed E-state index contributed by atoms with van der Waals surface area (Å²) >= 11 is 9.29. The van der Waals surface area contributed by atoms with Gasteiger partial charge in [0.2, 0.25) is 0 Å². The van der Waals surface area contributed by atoms with Crippen LogP contribution in [-0.4, -0.2) is 18.6 Å². The minimum absolute atomic E-state index is 0.242. The highest BCUT2D eigenvalue weighted by molar-refractivity contribution is 9.10. The van der Waals surface area contributed by atoms with Crippen molar-refractivity contribution in [3.05, 3.63) is 27.7 Å². The summed E-state index contributed by atoms with van der Waals surface area (Å²) in [7, 11) is 0. The van der Waals surface area contributed by atoms with Crippen LogP contribution in [0.4, 0.5) is 5.69 Å². The SMILES string of the molecule is CCOC(=O)C(CC)Nc1ccc(Br)c(Cl)c1. The van der Waals surface area contributed by atoms with Gasteiger partial charge in [-0.1, -0.05) is 18.5 Å². The van der Waals surface area contributed by atoms with Crippen molar-refractivity contribution in [1.29, 1.82) is 0 Å². The molecule has 17 heavy (non-hydrogen) atoms. The summed E-state index contributed by atoms with van der Waals surface area (Å²) in [6.45, 7) is 4.11. The minimum atomic E-state index is -0.341. The van der Waals surface area contributed by atoms with Crippen molar-refractivity contribution in [1.82, 2.24) is 0 Å². The number of halogens is 2. The van der Waals surface area contributed by atoms with Gasteiger partial charge in [-0.2, -0.15) is 0 Å². The average Bonchev–Trinajstić information content (AvgIpc) is 2.30. The maximum Gasteiger partial charge on any atom is 0.328 e. The van der Waals surface area contributed by atoms with Crippen LogP contribution in [-0.2, 0) is 9.53 Å². The lowest BCUT2D eigenvalue weighted by Crippen LogP contribution is -2.30. The number of carbonyl (C=O) groups is 1. The van der Waals surface area contributed by atoms with Crippen molar-refractivity contribution in [2.45, 2.75) is 26.3 Å². The first-order chi connectivity index (χ1) is 8.08. The molecule has 1 aromatic carbocycles. The molecule has 0 spiro atoms. The molecular weight excluding hydrogens is 305 g/mol. The quantitative estimate of drug-likeness (QED) is 0.837. The van der Waals surface area contributed by atoms with E-state index in [2.05, 4.69) is 21.2 Å². The third kappa shape index (κ3) is 4.21. The number of anilines is 1. The van der Waals surface area contributed by atoms with Crippen LogP contribution >= 0.6 is 27.5 Å². The molecule has 0 amide bonds. The number of hydrogen-bond acceptors (Lipinski definition) is 3. The fourth-order valence-electron chi connectivity index (χ4n) is 1.36. The Labute approximate surface area is 115 Å². The molecule has 0 fully saturated rings. The smallest absolute Gasteiger partial charge is 0.328 e. The normalized spacial score (nSPS) is 12.0. The highest BCUT2D eigenvalue weighted by atomic mass is 79.9. The number of nitrogens with one attached hydrogen (secondary N) is 1. The summed E-state index contributed by atoms with van der Waals surface area (Å²) in [6.07, 6.45) is 0.659. The lowest BCUT2D eigenvalue weighted by atomic mass is 10.2. The molecule has 0 heterocycles. The molecule has 1 rings (SSSR count). The number of ether oxygens (including phenoxy) is 1. The van der Waals surface area contributed by atoms with E-state index < -0.39 is 0 Å².